The maximum Gasteiger partial charge on any atom is 0.335 e. The Morgan fingerprint density at radius 1 is 1.07 bits per heavy atom. The van der Waals surface area contributed by atoms with Gasteiger partial charge in [-0.1, -0.05) is 49.8 Å². The molecule has 0 unspecified atom stereocenters. The van der Waals surface area contributed by atoms with Crippen molar-refractivity contribution in [1.29, 1.82) is 0 Å². The van der Waals surface area contributed by atoms with Crippen LogP contribution in [-0.2, 0) is 0 Å². The van der Waals surface area contributed by atoms with Crippen LogP contribution in [-0.4, -0.2) is 11.1 Å². The van der Waals surface area contributed by atoms with E-state index in [2.05, 4.69) is 0 Å². The van der Waals surface area contributed by atoms with Crippen LogP contribution in [0.15, 0.2) is 24.3 Å². The minimum absolute atomic E-state index is 0. The molecule has 0 atom stereocenters. The minimum Gasteiger partial charge on any atom is -0.478 e. The lowest BCUT2D eigenvalue weighted by atomic mass is 10.2. The Hall–Kier alpha value is -1.31. The highest BCUT2D eigenvalue weighted by Crippen LogP contribution is 2.15. The van der Waals surface area contributed by atoms with Gasteiger partial charge in [-0.2, -0.15) is 0 Å². The normalized spacial score (nSPS) is 14.2. The van der Waals surface area contributed by atoms with Crippen LogP contribution >= 0.6 is 0 Å². The number of carbonyl (C=O) groups is 1. The molecule has 84 valence electrons. The van der Waals surface area contributed by atoms with Gasteiger partial charge in [0, 0.05) is 1.43 Å². The molecule has 2 nitrogen and oxygen atoms in total. The Morgan fingerprint density at radius 2 is 1.47 bits per heavy atom. The van der Waals surface area contributed by atoms with Gasteiger partial charge in [0.15, 0.2) is 0 Å². The number of carboxylic acids is 1. The van der Waals surface area contributed by atoms with Crippen molar-refractivity contribution in [3.8, 4) is 0 Å². The van der Waals surface area contributed by atoms with E-state index in [0.717, 1.165) is 5.56 Å². The molecule has 0 aliphatic heterocycles. The first kappa shape index (κ1) is 11.8. The predicted molar refractivity (Wildman–Crippen MR) is 63.3 cm³/mol. The second-order valence-corrected chi connectivity index (χ2v) is 3.94. The Labute approximate surface area is 92.4 Å². The number of carboxylic acid groups (broad SMARTS) is 1. The summed E-state index contributed by atoms with van der Waals surface area (Å²) in [5.41, 5.74) is 1.41. The van der Waals surface area contributed by atoms with Crippen LogP contribution in [0.3, 0.4) is 0 Å². The predicted octanol–water partition coefficient (Wildman–Crippen LogP) is 3.89. The fourth-order valence-corrected chi connectivity index (χ4v) is 1.58. The number of aryl methyl sites for hydroxylation is 1. The van der Waals surface area contributed by atoms with E-state index in [4.69, 9.17) is 5.11 Å². The van der Waals surface area contributed by atoms with Gasteiger partial charge in [-0.05, 0) is 19.1 Å². The molecule has 15 heavy (non-hydrogen) atoms. The van der Waals surface area contributed by atoms with E-state index in [0.29, 0.717) is 5.56 Å². The molecule has 2 rings (SSSR count). The molecule has 1 aliphatic rings. The largest absolute Gasteiger partial charge is 0.478 e. The number of rotatable bonds is 1. The highest BCUT2D eigenvalue weighted by atomic mass is 16.4. The molecule has 1 aliphatic carbocycles. The highest BCUT2D eigenvalue weighted by molar-refractivity contribution is 5.87. The van der Waals surface area contributed by atoms with E-state index < -0.39 is 5.97 Å². The van der Waals surface area contributed by atoms with Gasteiger partial charge in [-0.15, -0.1) is 0 Å². The van der Waals surface area contributed by atoms with Crippen molar-refractivity contribution < 1.29 is 11.3 Å². The topological polar surface area (TPSA) is 37.3 Å². The first-order chi connectivity index (χ1) is 7.20. The van der Waals surface area contributed by atoms with Crippen LogP contribution in [0.25, 0.3) is 0 Å². The molecule has 1 aromatic carbocycles. The van der Waals surface area contributed by atoms with Gasteiger partial charge >= 0.3 is 5.97 Å². The van der Waals surface area contributed by atoms with E-state index in [1.165, 1.54) is 32.1 Å². The van der Waals surface area contributed by atoms with Gasteiger partial charge in [0.05, 0.1) is 5.56 Å². The lowest BCUT2D eigenvalue weighted by Gasteiger charge is -1.92. The number of benzene rings is 1. The first-order valence-corrected chi connectivity index (χ1v) is 5.50. The van der Waals surface area contributed by atoms with E-state index in [1.54, 1.807) is 24.3 Å². The lowest BCUT2D eigenvalue weighted by Crippen LogP contribution is -1.94. The average molecular weight is 208 g/mol. The minimum atomic E-state index is -0.875. The third kappa shape index (κ3) is 4.63. The molecule has 0 heterocycles. The van der Waals surface area contributed by atoms with Crippen LogP contribution in [0.2, 0.25) is 0 Å². The zero-order valence-corrected chi connectivity index (χ0v) is 9.20. The first-order valence-electron chi connectivity index (χ1n) is 5.50. The van der Waals surface area contributed by atoms with Crippen molar-refractivity contribution >= 4 is 5.97 Å². The lowest BCUT2D eigenvalue weighted by molar-refractivity contribution is 0.0697. The second kappa shape index (κ2) is 6.23. The quantitative estimate of drug-likeness (QED) is 0.760. The molecular formula is C13H20O2. The Morgan fingerprint density at radius 3 is 1.80 bits per heavy atom. The van der Waals surface area contributed by atoms with Gasteiger partial charge < -0.3 is 5.11 Å². The summed E-state index contributed by atoms with van der Waals surface area (Å²) in [6, 6.07) is 6.75. The summed E-state index contributed by atoms with van der Waals surface area (Å²) in [5.74, 6) is -0.875. The third-order valence-electron chi connectivity index (χ3n) is 2.55. The van der Waals surface area contributed by atoms with Gasteiger partial charge in [-0.3, -0.25) is 0 Å². The molecule has 1 fully saturated rings. The summed E-state index contributed by atoms with van der Waals surface area (Å²) >= 11 is 0. The molecule has 2 heteroatoms. The van der Waals surface area contributed by atoms with Crippen LogP contribution in [0.5, 0.6) is 0 Å². The monoisotopic (exact) mass is 208 g/mol. The number of hydrogen-bond donors (Lipinski definition) is 1. The summed E-state index contributed by atoms with van der Waals surface area (Å²) in [7, 11) is 0. The molecule has 0 radical (unpaired) electrons. The van der Waals surface area contributed by atoms with Crippen LogP contribution < -0.4 is 0 Å². The SMILES string of the molecule is C1CCCC1.Cc1ccc(C(=O)O)cc1.[HH]. The van der Waals surface area contributed by atoms with Crippen molar-refractivity contribution in [2.24, 2.45) is 0 Å². The molecule has 0 amide bonds. The van der Waals surface area contributed by atoms with Crippen molar-refractivity contribution in [3.63, 3.8) is 0 Å². The second-order valence-electron chi connectivity index (χ2n) is 3.94. The zero-order chi connectivity index (χ0) is 11.1. The van der Waals surface area contributed by atoms with E-state index in [1.807, 2.05) is 6.92 Å². The fraction of sp³-hybridized carbons (Fsp3) is 0.462. The summed E-state index contributed by atoms with van der Waals surface area (Å²) in [4.78, 5) is 10.3. The van der Waals surface area contributed by atoms with Crippen LogP contribution in [0.4, 0.5) is 0 Å². The number of aromatic carboxylic acids is 1. The van der Waals surface area contributed by atoms with Crippen molar-refractivity contribution in [2.75, 3.05) is 0 Å². The maximum atomic E-state index is 10.3. The van der Waals surface area contributed by atoms with Gasteiger partial charge in [-0.25, -0.2) is 4.79 Å². The van der Waals surface area contributed by atoms with E-state index in [-0.39, 0.29) is 1.43 Å². The van der Waals surface area contributed by atoms with E-state index >= 15 is 0 Å². The summed E-state index contributed by atoms with van der Waals surface area (Å²) < 4.78 is 0. The van der Waals surface area contributed by atoms with Gasteiger partial charge in [0.25, 0.3) is 0 Å². The summed E-state index contributed by atoms with van der Waals surface area (Å²) in [6.07, 6.45) is 7.50. The van der Waals surface area contributed by atoms with Gasteiger partial charge in [0.1, 0.15) is 0 Å². The van der Waals surface area contributed by atoms with Crippen LogP contribution in [0, 0.1) is 6.92 Å². The molecule has 0 spiro atoms. The number of hydrogen-bond acceptors (Lipinski definition) is 1. The van der Waals surface area contributed by atoms with E-state index in [9.17, 15) is 4.79 Å². The molecule has 0 bridgehead atoms. The van der Waals surface area contributed by atoms with Crippen LogP contribution in [0.1, 0.15) is 49.5 Å². The third-order valence-corrected chi connectivity index (χ3v) is 2.55. The summed E-state index contributed by atoms with van der Waals surface area (Å²) in [5, 5.41) is 8.48. The Bertz CT molecular complexity index is 295. The maximum absolute atomic E-state index is 10.3. The highest BCUT2D eigenvalue weighted by Gasteiger charge is 1.98. The smallest absolute Gasteiger partial charge is 0.335 e. The standard InChI is InChI=1S/C8H8O2.C5H10.H2/c1-6-2-4-7(5-3-6)8(9)10;1-2-4-5-3-1;/h2-5H,1H3,(H,9,10);1-5H2;1H. The Balaban J connectivity index is 0.000000318. The Kier molecular flexibility index (Phi) is 4.88. The van der Waals surface area contributed by atoms with Crippen molar-refractivity contribution in [3.05, 3.63) is 35.4 Å². The molecule has 0 saturated heterocycles. The molecule has 0 aromatic heterocycles. The molecular weight excluding hydrogens is 188 g/mol. The summed E-state index contributed by atoms with van der Waals surface area (Å²) in [6.45, 7) is 1.92. The van der Waals surface area contributed by atoms with Crippen molar-refractivity contribution in [2.45, 2.75) is 39.0 Å². The zero-order valence-electron chi connectivity index (χ0n) is 9.20. The molecule has 1 aromatic rings. The van der Waals surface area contributed by atoms with Crippen molar-refractivity contribution in [1.82, 2.24) is 0 Å². The van der Waals surface area contributed by atoms with Gasteiger partial charge in [0.2, 0.25) is 0 Å². The molecule has 1 N–H and O–H groups in total. The molecule has 1 saturated carbocycles. The fourth-order valence-electron chi connectivity index (χ4n) is 1.58. The average Bonchev–Trinajstić information content (AvgIpc) is 2.76.